The molecular weight excluding hydrogens is 582 g/mol. The van der Waals surface area contributed by atoms with Crippen molar-refractivity contribution >= 4 is 17.5 Å². The van der Waals surface area contributed by atoms with Gasteiger partial charge in [0.15, 0.2) is 0 Å². The van der Waals surface area contributed by atoms with E-state index in [0.717, 1.165) is 25.8 Å². The fourth-order valence-electron chi connectivity index (χ4n) is 13.7. The smallest absolute Gasteiger partial charge is 0.335 e. The number of carbonyl (C=O) groups is 2. The summed E-state index contributed by atoms with van der Waals surface area (Å²) in [4.78, 5) is 23.2. The maximum atomic E-state index is 11.7. The van der Waals surface area contributed by atoms with Gasteiger partial charge in [-0.05, 0) is 165 Å². The van der Waals surface area contributed by atoms with E-state index in [1.807, 2.05) is 12.1 Å². The summed E-state index contributed by atoms with van der Waals surface area (Å²) in [5.74, 6) is 1.89. The molecule has 5 fully saturated rings. The number of fused-ring (bicyclic) bond motifs is 7. The first-order valence-corrected chi connectivity index (χ1v) is 18.7. The molecule has 5 heteroatoms. The first-order valence-electron chi connectivity index (χ1n) is 18.7. The van der Waals surface area contributed by atoms with E-state index in [1.54, 1.807) is 12.1 Å². The van der Waals surface area contributed by atoms with Gasteiger partial charge in [-0.3, -0.25) is 4.79 Å². The van der Waals surface area contributed by atoms with Gasteiger partial charge in [0.1, 0.15) is 0 Å². The predicted octanol–water partition coefficient (Wildman–Crippen LogP) is 9.49. The van der Waals surface area contributed by atoms with Gasteiger partial charge in [0, 0.05) is 5.54 Å². The third-order valence-electron chi connectivity index (χ3n) is 16.2. The van der Waals surface area contributed by atoms with E-state index in [4.69, 9.17) is 0 Å². The van der Waals surface area contributed by atoms with E-state index in [0.29, 0.717) is 41.1 Å². The molecule has 47 heavy (non-hydrogen) atoms. The lowest BCUT2D eigenvalue weighted by Crippen LogP contribution is -2.68. The van der Waals surface area contributed by atoms with Gasteiger partial charge in [-0.15, -0.1) is 6.58 Å². The zero-order valence-corrected chi connectivity index (χ0v) is 29.8. The summed E-state index contributed by atoms with van der Waals surface area (Å²) >= 11 is 0. The van der Waals surface area contributed by atoms with Crippen LogP contribution in [0.1, 0.15) is 128 Å². The van der Waals surface area contributed by atoms with Crippen molar-refractivity contribution in [1.82, 2.24) is 5.32 Å². The highest BCUT2D eigenvalue weighted by atomic mass is 16.4. The summed E-state index contributed by atoms with van der Waals surface area (Å²) in [6.07, 6.45) is 15.7. The molecular formula is C42H59NO4. The maximum Gasteiger partial charge on any atom is 0.335 e. The molecule has 0 spiro atoms. The third-order valence-corrected chi connectivity index (χ3v) is 16.2. The van der Waals surface area contributed by atoms with Crippen LogP contribution in [0.15, 0.2) is 42.5 Å². The van der Waals surface area contributed by atoms with Crippen molar-refractivity contribution in [2.24, 2.45) is 63.1 Å². The molecule has 0 heterocycles. The number of aromatic carboxylic acids is 1. The van der Waals surface area contributed by atoms with Crippen molar-refractivity contribution in [3.05, 3.63) is 53.6 Å². The fraction of sp³-hybridized carbons (Fsp3) is 0.714. The monoisotopic (exact) mass is 641 g/mol. The number of hydrogen-bond donors (Lipinski definition) is 3. The molecule has 0 aromatic heterocycles. The highest BCUT2D eigenvalue weighted by Gasteiger charge is 2.70. The molecule has 7 rings (SSSR count). The Morgan fingerprint density at radius 2 is 1.60 bits per heavy atom. The van der Waals surface area contributed by atoms with Gasteiger partial charge in [-0.1, -0.05) is 58.4 Å². The standard InChI is InChI=1S/C42H59NO4/c1-25(2)22-28-14-19-42(43-24-29-23-30(29)37(46)47)21-20-40(6)32(35(28)42)12-13-34-39(5)17-15-31(26-8-10-27(11-9-26)36(44)45)38(3,4)33(39)16-18-41(34,40)7/h8-11,15,28-30,32-35,43H,1,12-14,16-24H2,2-7H3,(H,44,45)(H,46,47). The van der Waals surface area contributed by atoms with Crippen LogP contribution in [0.25, 0.3) is 5.57 Å². The van der Waals surface area contributed by atoms with Crippen LogP contribution in [0.3, 0.4) is 0 Å². The molecule has 0 radical (unpaired) electrons. The van der Waals surface area contributed by atoms with Crippen LogP contribution in [0.4, 0.5) is 0 Å². The van der Waals surface area contributed by atoms with Gasteiger partial charge in [-0.2, -0.15) is 0 Å². The van der Waals surface area contributed by atoms with E-state index in [-0.39, 0.29) is 33.1 Å². The Morgan fingerprint density at radius 1 is 0.872 bits per heavy atom. The molecule has 11 atom stereocenters. The van der Waals surface area contributed by atoms with Gasteiger partial charge in [0.05, 0.1) is 11.5 Å². The summed E-state index contributed by atoms with van der Waals surface area (Å²) in [5.41, 5.74) is 5.16. The number of allylic oxidation sites excluding steroid dienone is 3. The number of hydrogen-bond acceptors (Lipinski definition) is 3. The van der Waals surface area contributed by atoms with Crippen LogP contribution in [0.2, 0.25) is 0 Å². The molecule has 1 aromatic rings. The number of nitrogens with one attached hydrogen (secondary N) is 1. The second kappa shape index (κ2) is 11.1. The summed E-state index contributed by atoms with van der Waals surface area (Å²) in [6.45, 7) is 20.4. The SMILES string of the molecule is C=C(C)CC1CCC2(NCC3CC3C(=O)O)CCC3(C)C(CCC4C5(C)CC=C(c6ccc(C(=O)O)cc6)C(C)(C)C5CCC43C)C12. The molecule has 11 unspecified atom stereocenters. The number of carboxylic acids is 2. The minimum absolute atomic E-state index is 0.0110. The first-order chi connectivity index (χ1) is 22.1. The number of aliphatic carboxylic acids is 1. The minimum Gasteiger partial charge on any atom is -0.481 e. The molecule has 5 nitrogen and oxygen atoms in total. The highest BCUT2D eigenvalue weighted by molar-refractivity contribution is 5.88. The minimum atomic E-state index is -0.870. The van der Waals surface area contributed by atoms with Crippen LogP contribution >= 0.6 is 0 Å². The van der Waals surface area contributed by atoms with Gasteiger partial charge >= 0.3 is 11.9 Å². The van der Waals surface area contributed by atoms with Crippen molar-refractivity contribution in [2.75, 3.05) is 6.54 Å². The number of benzene rings is 1. The van der Waals surface area contributed by atoms with Crippen LogP contribution in [0, 0.1) is 63.1 Å². The Morgan fingerprint density at radius 3 is 2.23 bits per heavy atom. The molecule has 3 N–H and O–H groups in total. The number of carboxylic acid groups (broad SMARTS) is 2. The molecule has 6 aliphatic rings. The van der Waals surface area contributed by atoms with Gasteiger partial charge in [-0.25, -0.2) is 4.79 Å². The Kier molecular flexibility index (Phi) is 7.79. The molecule has 0 saturated heterocycles. The molecule has 0 bridgehead atoms. The van der Waals surface area contributed by atoms with E-state index in [2.05, 4.69) is 59.5 Å². The van der Waals surface area contributed by atoms with Crippen molar-refractivity contribution in [3.8, 4) is 0 Å². The first kappa shape index (κ1) is 33.1. The van der Waals surface area contributed by atoms with E-state index in [1.165, 1.54) is 68.1 Å². The molecule has 0 amide bonds. The maximum absolute atomic E-state index is 11.7. The summed E-state index contributed by atoms with van der Waals surface area (Å²) in [7, 11) is 0. The summed E-state index contributed by atoms with van der Waals surface area (Å²) < 4.78 is 0. The lowest BCUT2D eigenvalue weighted by atomic mass is 9.33. The number of rotatable bonds is 8. The van der Waals surface area contributed by atoms with Crippen molar-refractivity contribution < 1.29 is 19.8 Å². The van der Waals surface area contributed by atoms with E-state index < -0.39 is 11.9 Å². The zero-order valence-electron chi connectivity index (χ0n) is 29.8. The molecule has 6 aliphatic carbocycles. The fourth-order valence-corrected chi connectivity index (χ4v) is 13.7. The average Bonchev–Trinajstić information content (AvgIpc) is 3.71. The van der Waals surface area contributed by atoms with Crippen LogP contribution in [0.5, 0.6) is 0 Å². The average molecular weight is 642 g/mol. The second-order valence-electron chi connectivity index (χ2n) is 18.6. The lowest BCUT2D eigenvalue weighted by Gasteiger charge is -2.72. The molecule has 256 valence electrons. The second-order valence-corrected chi connectivity index (χ2v) is 18.6. The lowest BCUT2D eigenvalue weighted by molar-refractivity contribution is -0.220. The van der Waals surface area contributed by atoms with Crippen LogP contribution < -0.4 is 5.32 Å². The van der Waals surface area contributed by atoms with Crippen molar-refractivity contribution in [2.45, 2.75) is 118 Å². The van der Waals surface area contributed by atoms with E-state index >= 15 is 0 Å². The summed E-state index contributed by atoms with van der Waals surface area (Å²) in [6, 6.07) is 7.57. The van der Waals surface area contributed by atoms with Gasteiger partial charge in [0.25, 0.3) is 0 Å². The van der Waals surface area contributed by atoms with Crippen LogP contribution in [-0.2, 0) is 4.79 Å². The molecule has 0 aliphatic heterocycles. The third kappa shape index (κ3) is 4.86. The van der Waals surface area contributed by atoms with Gasteiger partial charge < -0.3 is 15.5 Å². The van der Waals surface area contributed by atoms with E-state index in [9.17, 15) is 19.8 Å². The van der Waals surface area contributed by atoms with Gasteiger partial charge in [0.2, 0.25) is 0 Å². The Bertz CT molecular complexity index is 1490. The predicted molar refractivity (Wildman–Crippen MR) is 188 cm³/mol. The molecule has 1 aromatic carbocycles. The molecule has 5 saturated carbocycles. The zero-order chi connectivity index (χ0) is 33.7. The topological polar surface area (TPSA) is 86.6 Å². The van der Waals surface area contributed by atoms with Crippen molar-refractivity contribution in [1.29, 1.82) is 0 Å². The largest absolute Gasteiger partial charge is 0.481 e. The Labute approximate surface area is 283 Å². The van der Waals surface area contributed by atoms with Crippen molar-refractivity contribution in [3.63, 3.8) is 0 Å². The summed E-state index contributed by atoms with van der Waals surface area (Å²) in [5, 5.41) is 23.2. The Balaban J connectivity index is 1.19. The van der Waals surface area contributed by atoms with Crippen LogP contribution in [-0.4, -0.2) is 34.2 Å². The highest BCUT2D eigenvalue weighted by Crippen LogP contribution is 2.76. The quantitative estimate of drug-likeness (QED) is 0.246. The Hall–Kier alpha value is -2.40. The normalized spacial score (nSPS) is 44.6.